The van der Waals surface area contributed by atoms with Crippen LogP contribution in [0.5, 0.6) is 0 Å². The fraction of sp³-hybridized carbons (Fsp3) is 0.500. The standard InChI is InChI=1S/C14H21N3O2/c1-2-10(9-18)16-13(19)17-14(7-8-14)11-5-3-4-6-12(11)15/h3-6,10,18H,2,7-9,15H2,1H3,(H2,16,17,19). The number of benzene rings is 1. The second kappa shape index (κ2) is 5.48. The van der Waals surface area contributed by atoms with Crippen molar-refractivity contribution in [3.63, 3.8) is 0 Å². The third-order valence-electron chi connectivity index (χ3n) is 3.63. The Morgan fingerprint density at radius 3 is 2.68 bits per heavy atom. The largest absolute Gasteiger partial charge is 0.398 e. The molecule has 1 aromatic carbocycles. The Bertz CT molecular complexity index is 454. The molecule has 5 N–H and O–H groups in total. The van der Waals surface area contributed by atoms with E-state index in [4.69, 9.17) is 10.8 Å². The molecule has 1 atom stereocenters. The lowest BCUT2D eigenvalue weighted by molar-refractivity contribution is 0.211. The molecule has 19 heavy (non-hydrogen) atoms. The minimum Gasteiger partial charge on any atom is -0.398 e. The molecule has 5 heteroatoms. The number of hydrogen-bond acceptors (Lipinski definition) is 3. The van der Waals surface area contributed by atoms with E-state index in [0.29, 0.717) is 12.1 Å². The van der Waals surface area contributed by atoms with Crippen molar-refractivity contribution in [1.29, 1.82) is 0 Å². The second-order valence-electron chi connectivity index (χ2n) is 5.06. The summed E-state index contributed by atoms with van der Waals surface area (Å²) in [6, 6.07) is 7.15. The number of nitrogens with two attached hydrogens (primary N) is 1. The van der Waals surface area contributed by atoms with Crippen molar-refractivity contribution in [2.45, 2.75) is 37.8 Å². The fourth-order valence-corrected chi connectivity index (χ4v) is 2.24. The number of anilines is 1. The van der Waals surface area contributed by atoms with Crippen molar-refractivity contribution >= 4 is 11.7 Å². The van der Waals surface area contributed by atoms with E-state index in [-0.39, 0.29) is 24.2 Å². The van der Waals surface area contributed by atoms with E-state index in [2.05, 4.69) is 10.6 Å². The first-order valence-corrected chi connectivity index (χ1v) is 6.66. The molecule has 0 aromatic heterocycles. The molecule has 0 saturated heterocycles. The van der Waals surface area contributed by atoms with Crippen LogP contribution in [0, 0.1) is 0 Å². The van der Waals surface area contributed by atoms with E-state index in [1.165, 1.54) is 0 Å². The van der Waals surface area contributed by atoms with E-state index < -0.39 is 0 Å². The second-order valence-corrected chi connectivity index (χ2v) is 5.06. The summed E-state index contributed by atoms with van der Waals surface area (Å²) in [4.78, 5) is 11.9. The molecule has 0 radical (unpaired) electrons. The zero-order valence-electron chi connectivity index (χ0n) is 11.1. The van der Waals surface area contributed by atoms with E-state index in [9.17, 15) is 4.79 Å². The van der Waals surface area contributed by atoms with Gasteiger partial charge in [-0.1, -0.05) is 25.1 Å². The first kappa shape index (κ1) is 13.7. The van der Waals surface area contributed by atoms with Gasteiger partial charge in [0.25, 0.3) is 0 Å². The number of carbonyl (C=O) groups excluding carboxylic acids is 1. The van der Waals surface area contributed by atoms with Crippen LogP contribution in [0.4, 0.5) is 10.5 Å². The Kier molecular flexibility index (Phi) is 3.95. The lowest BCUT2D eigenvalue weighted by Gasteiger charge is -2.22. The lowest BCUT2D eigenvalue weighted by Crippen LogP contribution is -2.47. The summed E-state index contributed by atoms with van der Waals surface area (Å²) in [6.45, 7) is 1.87. The Hall–Kier alpha value is -1.75. The van der Waals surface area contributed by atoms with E-state index in [0.717, 1.165) is 18.4 Å². The fourth-order valence-electron chi connectivity index (χ4n) is 2.24. The number of nitrogen functional groups attached to an aromatic ring is 1. The predicted octanol–water partition coefficient (Wildman–Crippen LogP) is 1.33. The molecule has 0 heterocycles. The first-order chi connectivity index (χ1) is 9.11. The molecular formula is C14H21N3O2. The number of rotatable bonds is 5. The molecule has 0 spiro atoms. The van der Waals surface area contributed by atoms with Gasteiger partial charge in [-0.05, 0) is 25.3 Å². The predicted molar refractivity (Wildman–Crippen MR) is 74.6 cm³/mol. The molecule has 5 nitrogen and oxygen atoms in total. The molecule has 1 unspecified atom stereocenters. The minimum atomic E-state index is -0.330. The molecule has 2 rings (SSSR count). The van der Waals surface area contributed by atoms with Gasteiger partial charge in [-0.15, -0.1) is 0 Å². The maximum absolute atomic E-state index is 11.9. The van der Waals surface area contributed by atoms with Gasteiger partial charge in [-0.25, -0.2) is 4.79 Å². The van der Waals surface area contributed by atoms with Gasteiger partial charge < -0.3 is 21.5 Å². The zero-order chi connectivity index (χ0) is 13.9. The first-order valence-electron chi connectivity index (χ1n) is 6.66. The number of nitrogens with one attached hydrogen (secondary N) is 2. The highest BCUT2D eigenvalue weighted by Crippen LogP contribution is 2.47. The number of amides is 2. The SMILES string of the molecule is CCC(CO)NC(=O)NC1(c2ccccc2N)CC1. The van der Waals surface area contributed by atoms with Crippen LogP contribution < -0.4 is 16.4 Å². The number of aliphatic hydroxyl groups excluding tert-OH is 1. The van der Waals surface area contributed by atoms with Gasteiger partial charge in [0.1, 0.15) is 0 Å². The van der Waals surface area contributed by atoms with Crippen molar-refractivity contribution in [1.82, 2.24) is 10.6 Å². The average Bonchev–Trinajstić information content (AvgIpc) is 3.17. The van der Waals surface area contributed by atoms with Crippen LogP contribution in [0.25, 0.3) is 0 Å². The van der Waals surface area contributed by atoms with Gasteiger partial charge in [0.05, 0.1) is 18.2 Å². The molecule has 1 aliphatic rings. The monoisotopic (exact) mass is 263 g/mol. The van der Waals surface area contributed by atoms with Crippen LogP contribution in [0.15, 0.2) is 24.3 Å². The van der Waals surface area contributed by atoms with Gasteiger partial charge in [-0.2, -0.15) is 0 Å². The van der Waals surface area contributed by atoms with Gasteiger partial charge in [0, 0.05) is 11.3 Å². The Labute approximate surface area is 113 Å². The van der Waals surface area contributed by atoms with Gasteiger partial charge >= 0.3 is 6.03 Å². The highest BCUT2D eigenvalue weighted by atomic mass is 16.3. The van der Waals surface area contributed by atoms with Crippen LogP contribution in [0.3, 0.4) is 0 Å². The molecule has 1 saturated carbocycles. The highest BCUT2D eigenvalue weighted by Gasteiger charge is 2.46. The highest BCUT2D eigenvalue weighted by molar-refractivity contribution is 5.76. The summed E-state index contributed by atoms with van der Waals surface area (Å²) >= 11 is 0. The number of urea groups is 1. The number of hydrogen-bond donors (Lipinski definition) is 4. The number of aliphatic hydroxyl groups is 1. The minimum absolute atomic E-state index is 0.0512. The summed E-state index contributed by atoms with van der Waals surface area (Å²) in [7, 11) is 0. The maximum Gasteiger partial charge on any atom is 0.315 e. The van der Waals surface area contributed by atoms with Crippen LogP contribution in [-0.2, 0) is 5.54 Å². The molecule has 1 aliphatic carbocycles. The van der Waals surface area contributed by atoms with Crippen molar-refractivity contribution in [2.24, 2.45) is 0 Å². The van der Waals surface area contributed by atoms with E-state index >= 15 is 0 Å². The van der Waals surface area contributed by atoms with Crippen LogP contribution >= 0.6 is 0 Å². The van der Waals surface area contributed by atoms with Crippen LogP contribution in [0.1, 0.15) is 31.7 Å². The van der Waals surface area contributed by atoms with Crippen molar-refractivity contribution in [3.8, 4) is 0 Å². The van der Waals surface area contributed by atoms with E-state index in [1.54, 1.807) is 0 Å². The zero-order valence-corrected chi connectivity index (χ0v) is 11.1. The molecule has 0 aliphatic heterocycles. The Balaban J connectivity index is 2.03. The van der Waals surface area contributed by atoms with Gasteiger partial charge in [0.15, 0.2) is 0 Å². The summed E-state index contributed by atoms with van der Waals surface area (Å²) in [5, 5.41) is 14.8. The third kappa shape index (κ3) is 2.98. The summed E-state index contributed by atoms with van der Waals surface area (Å²) in [6.07, 6.45) is 2.49. The Morgan fingerprint density at radius 1 is 1.47 bits per heavy atom. The molecule has 0 bridgehead atoms. The van der Waals surface area contributed by atoms with Crippen molar-refractivity contribution < 1.29 is 9.90 Å². The summed E-state index contributed by atoms with van der Waals surface area (Å²) in [5.74, 6) is 0. The Morgan fingerprint density at radius 2 is 2.16 bits per heavy atom. The average molecular weight is 263 g/mol. The number of carbonyl (C=O) groups is 1. The van der Waals surface area contributed by atoms with Gasteiger partial charge in [0.2, 0.25) is 0 Å². The third-order valence-corrected chi connectivity index (χ3v) is 3.63. The lowest BCUT2D eigenvalue weighted by atomic mass is 10.0. The smallest absolute Gasteiger partial charge is 0.315 e. The molecule has 1 fully saturated rings. The molecule has 2 amide bonds. The van der Waals surface area contributed by atoms with Crippen LogP contribution in [-0.4, -0.2) is 23.8 Å². The topological polar surface area (TPSA) is 87.4 Å². The van der Waals surface area contributed by atoms with E-state index in [1.807, 2.05) is 31.2 Å². The van der Waals surface area contributed by atoms with Crippen molar-refractivity contribution in [2.75, 3.05) is 12.3 Å². The maximum atomic E-state index is 11.9. The molecule has 104 valence electrons. The van der Waals surface area contributed by atoms with Crippen molar-refractivity contribution in [3.05, 3.63) is 29.8 Å². The van der Waals surface area contributed by atoms with Crippen LogP contribution in [0.2, 0.25) is 0 Å². The number of para-hydroxylation sites is 1. The quantitative estimate of drug-likeness (QED) is 0.604. The molecule has 1 aromatic rings. The molecular weight excluding hydrogens is 242 g/mol. The van der Waals surface area contributed by atoms with Gasteiger partial charge in [-0.3, -0.25) is 0 Å². The summed E-state index contributed by atoms with van der Waals surface area (Å²) < 4.78 is 0. The summed E-state index contributed by atoms with van der Waals surface area (Å²) in [5.41, 5.74) is 7.31. The normalized spacial score (nSPS) is 17.6.